The van der Waals surface area contributed by atoms with E-state index >= 15 is 0 Å². The molecule has 0 bridgehead atoms. The van der Waals surface area contributed by atoms with E-state index in [-0.39, 0.29) is 23.8 Å². The maximum Gasteiger partial charge on any atom is 0.265 e. The van der Waals surface area contributed by atoms with Crippen LogP contribution >= 0.6 is 0 Å². The molecular weight excluding hydrogens is 447 g/mol. The number of ether oxygens (including phenoxy) is 1. The Hall–Kier alpha value is -4.20. The van der Waals surface area contributed by atoms with Crippen molar-refractivity contribution in [2.24, 2.45) is 0 Å². The van der Waals surface area contributed by atoms with Crippen molar-refractivity contribution in [1.82, 2.24) is 14.5 Å². The number of halogens is 1. The third-order valence-corrected chi connectivity index (χ3v) is 6.34. The lowest BCUT2D eigenvalue weighted by Crippen LogP contribution is -2.50. The maximum atomic E-state index is 13.5. The number of anilines is 1. The summed E-state index contributed by atoms with van der Waals surface area (Å²) in [7, 11) is 1.63. The monoisotopic (exact) mass is 472 g/mol. The van der Waals surface area contributed by atoms with Crippen LogP contribution in [0, 0.1) is 5.82 Å². The summed E-state index contributed by atoms with van der Waals surface area (Å²) in [6.07, 6.45) is 1.61. The average molecular weight is 473 g/mol. The van der Waals surface area contributed by atoms with Crippen molar-refractivity contribution in [2.75, 3.05) is 38.2 Å². The average Bonchev–Trinajstić information content (AvgIpc) is 2.91. The largest absolute Gasteiger partial charge is 0.497 e. The highest BCUT2D eigenvalue weighted by Crippen LogP contribution is 2.21. The minimum absolute atomic E-state index is 0.116. The minimum Gasteiger partial charge on any atom is -0.497 e. The van der Waals surface area contributed by atoms with Crippen LogP contribution in [0.5, 0.6) is 5.75 Å². The first-order chi connectivity index (χ1) is 17.0. The van der Waals surface area contributed by atoms with Crippen LogP contribution in [0.4, 0.5) is 10.1 Å². The lowest BCUT2D eigenvalue weighted by atomic mass is 10.1. The summed E-state index contributed by atoms with van der Waals surface area (Å²) in [6.45, 7) is 2.54. The Morgan fingerprint density at radius 1 is 1.00 bits per heavy atom. The molecule has 1 fully saturated rings. The molecule has 8 heteroatoms. The number of rotatable bonds is 5. The number of benzene rings is 2. The normalized spacial score (nSPS) is 13.8. The number of hydrogen-bond donors (Lipinski definition) is 0. The molecule has 1 aliphatic heterocycles. The van der Waals surface area contributed by atoms with E-state index in [0.717, 1.165) is 17.0 Å². The Morgan fingerprint density at radius 2 is 1.71 bits per heavy atom. The summed E-state index contributed by atoms with van der Waals surface area (Å²) in [5, 5.41) is 0.703. The van der Waals surface area contributed by atoms with E-state index in [1.165, 1.54) is 16.7 Å². The molecule has 0 unspecified atom stereocenters. The van der Waals surface area contributed by atoms with Gasteiger partial charge in [-0.3, -0.25) is 14.2 Å². The summed E-state index contributed by atoms with van der Waals surface area (Å²) >= 11 is 0. The van der Waals surface area contributed by atoms with Gasteiger partial charge in [-0.2, -0.15) is 0 Å². The first-order valence-corrected chi connectivity index (χ1v) is 11.4. The predicted octanol–water partition coefficient (Wildman–Crippen LogP) is 3.55. The predicted molar refractivity (Wildman–Crippen MR) is 133 cm³/mol. The van der Waals surface area contributed by atoms with Crippen LogP contribution in [0.15, 0.2) is 77.7 Å². The number of amides is 1. The fourth-order valence-corrected chi connectivity index (χ4v) is 4.41. The molecule has 1 aliphatic rings. The molecule has 35 heavy (non-hydrogen) atoms. The molecule has 0 atom stereocenters. The number of pyridine rings is 2. The lowest BCUT2D eigenvalue weighted by molar-refractivity contribution is 0.0744. The van der Waals surface area contributed by atoms with Crippen LogP contribution in [-0.4, -0.2) is 53.6 Å². The van der Waals surface area contributed by atoms with E-state index in [1.54, 1.807) is 42.5 Å². The number of aromatic nitrogens is 2. The smallest absolute Gasteiger partial charge is 0.265 e. The van der Waals surface area contributed by atoms with Gasteiger partial charge in [0.2, 0.25) is 0 Å². The summed E-state index contributed by atoms with van der Waals surface area (Å²) in [4.78, 5) is 35.2. The van der Waals surface area contributed by atoms with Gasteiger partial charge >= 0.3 is 0 Å². The zero-order valence-corrected chi connectivity index (χ0v) is 19.4. The molecule has 0 radical (unpaired) electrons. The van der Waals surface area contributed by atoms with Gasteiger partial charge in [0.1, 0.15) is 22.8 Å². The number of fused-ring (bicyclic) bond motifs is 1. The van der Waals surface area contributed by atoms with Crippen molar-refractivity contribution in [2.45, 2.75) is 6.54 Å². The second kappa shape index (κ2) is 9.58. The van der Waals surface area contributed by atoms with Crippen molar-refractivity contribution in [3.8, 4) is 5.75 Å². The third kappa shape index (κ3) is 4.59. The number of carbonyl (C=O) groups is 1. The van der Waals surface area contributed by atoms with Crippen LogP contribution in [0.25, 0.3) is 11.0 Å². The van der Waals surface area contributed by atoms with Crippen molar-refractivity contribution in [1.29, 1.82) is 0 Å². The maximum absolute atomic E-state index is 13.5. The second-order valence-electron chi connectivity index (χ2n) is 8.47. The summed E-state index contributed by atoms with van der Waals surface area (Å²) < 4.78 is 20.1. The molecule has 7 nitrogen and oxygen atoms in total. The van der Waals surface area contributed by atoms with E-state index < -0.39 is 5.56 Å². The van der Waals surface area contributed by atoms with Gasteiger partial charge in [-0.1, -0.05) is 12.1 Å². The Bertz CT molecular complexity index is 1410. The second-order valence-corrected chi connectivity index (χ2v) is 8.47. The van der Waals surface area contributed by atoms with Crippen LogP contribution in [0.3, 0.4) is 0 Å². The van der Waals surface area contributed by atoms with Crippen molar-refractivity contribution >= 4 is 22.6 Å². The summed E-state index contributed by atoms with van der Waals surface area (Å²) in [5.41, 5.74) is 2.02. The molecular formula is C27H25FN4O3. The summed E-state index contributed by atoms with van der Waals surface area (Å²) in [5.74, 6) is 0.162. The van der Waals surface area contributed by atoms with Gasteiger partial charge in [0.05, 0.1) is 13.7 Å². The minimum atomic E-state index is -0.400. The van der Waals surface area contributed by atoms with Crippen molar-refractivity contribution in [3.63, 3.8) is 0 Å². The van der Waals surface area contributed by atoms with Crippen molar-refractivity contribution < 1.29 is 13.9 Å². The van der Waals surface area contributed by atoms with Gasteiger partial charge < -0.3 is 14.5 Å². The summed E-state index contributed by atoms with van der Waals surface area (Å²) in [6, 6.07) is 19.0. The molecule has 178 valence electrons. The Morgan fingerprint density at radius 3 is 2.40 bits per heavy atom. The first-order valence-electron chi connectivity index (χ1n) is 11.4. The zero-order chi connectivity index (χ0) is 24.4. The van der Waals surface area contributed by atoms with E-state index in [2.05, 4.69) is 9.88 Å². The lowest BCUT2D eigenvalue weighted by Gasteiger charge is -2.36. The van der Waals surface area contributed by atoms with E-state index in [1.807, 2.05) is 30.3 Å². The highest BCUT2D eigenvalue weighted by molar-refractivity contribution is 5.97. The molecule has 2 aromatic carbocycles. The third-order valence-electron chi connectivity index (χ3n) is 6.34. The van der Waals surface area contributed by atoms with E-state index in [4.69, 9.17) is 4.74 Å². The first kappa shape index (κ1) is 22.6. The van der Waals surface area contributed by atoms with Gasteiger partial charge in [-0.25, -0.2) is 9.37 Å². The number of methoxy groups -OCH3 is 1. The number of carbonyl (C=O) groups excluding carboxylic acids is 1. The van der Waals surface area contributed by atoms with Crippen LogP contribution in [0.1, 0.15) is 15.9 Å². The number of nitrogens with zero attached hydrogens (tertiary/aromatic N) is 4. The molecule has 1 saturated heterocycles. The standard InChI is InChI=1S/C27H25FN4O3/c1-35-23-10-8-22(9-11-23)30-13-15-31(16-14-30)26(33)24-17-20-3-2-12-29-25(20)32(27(24)34)18-19-4-6-21(28)7-5-19/h2-12,17H,13-16,18H2,1H3. The highest BCUT2D eigenvalue weighted by atomic mass is 19.1. The highest BCUT2D eigenvalue weighted by Gasteiger charge is 2.25. The van der Waals surface area contributed by atoms with E-state index in [0.29, 0.717) is 37.2 Å². The fourth-order valence-electron chi connectivity index (χ4n) is 4.41. The van der Waals surface area contributed by atoms with Gasteiger partial charge in [-0.15, -0.1) is 0 Å². The van der Waals surface area contributed by atoms with Gasteiger partial charge in [0.25, 0.3) is 11.5 Å². The van der Waals surface area contributed by atoms with E-state index in [9.17, 15) is 14.0 Å². The quantitative estimate of drug-likeness (QED) is 0.444. The van der Waals surface area contributed by atoms with Gasteiger partial charge in [-0.05, 0) is 60.2 Å². The molecule has 3 heterocycles. The van der Waals surface area contributed by atoms with Crippen molar-refractivity contribution in [3.05, 3.63) is 100 Å². The molecule has 4 aromatic rings. The molecule has 1 amide bonds. The Kier molecular flexibility index (Phi) is 6.18. The Labute approximate surface area is 202 Å². The van der Waals surface area contributed by atoms with Crippen LogP contribution in [-0.2, 0) is 6.54 Å². The number of piperazine rings is 1. The van der Waals surface area contributed by atoms with Crippen LogP contribution in [0.2, 0.25) is 0 Å². The molecule has 0 N–H and O–H groups in total. The zero-order valence-electron chi connectivity index (χ0n) is 19.4. The van der Waals surface area contributed by atoms with Gasteiger partial charge in [0, 0.05) is 43.4 Å². The molecule has 0 spiro atoms. The molecule has 5 rings (SSSR count). The topological polar surface area (TPSA) is 67.7 Å². The molecule has 0 aliphatic carbocycles. The number of hydrogen-bond acceptors (Lipinski definition) is 5. The Balaban J connectivity index is 1.40. The molecule has 2 aromatic heterocycles. The fraction of sp³-hybridized carbons (Fsp3) is 0.222. The van der Waals surface area contributed by atoms with Crippen LogP contribution < -0.4 is 15.2 Å². The van der Waals surface area contributed by atoms with Gasteiger partial charge in [0.15, 0.2) is 0 Å². The SMILES string of the molecule is COc1ccc(N2CCN(C(=O)c3cc4cccnc4n(Cc4ccc(F)cc4)c3=O)CC2)cc1. The molecule has 0 saturated carbocycles.